The largest absolute Gasteiger partial charge is 0.478 e. The van der Waals surface area contributed by atoms with E-state index in [9.17, 15) is 19.1 Å². The number of benzene rings is 3. The number of carbonyl (C=O) groups excluding carboxylic acids is 1. The van der Waals surface area contributed by atoms with Gasteiger partial charge < -0.3 is 14.3 Å². The Bertz CT molecular complexity index is 1280. The van der Waals surface area contributed by atoms with Crippen molar-refractivity contribution in [3.8, 4) is 11.1 Å². The van der Waals surface area contributed by atoms with Crippen molar-refractivity contribution in [2.45, 2.75) is 6.61 Å². The first-order chi connectivity index (χ1) is 14.9. The lowest BCUT2D eigenvalue weighted by molar-refractivity contribution is 0.0698. The maximum absolute atomic E-state index is 13.1. The van der Waals surface area contributed by atoms with Gasteiger partial charge in [-0.25, -0.2) is 14.0 Å². The van der Waals surface area contributed by atoms with Crippen molar-refractivity contribution in [3.63, 3.8) is 0 Å². The average Bonchev–Trinajstić information content (AvgIpc) is 3.16. The molecule has 0 saturated carbocycles. The second-order valence-electron chi connectivity index (χ2n) is 6.67. The van der Waals surface area contributed by atoms with Crippen molar-refractivity contribution < 1.29 is 28.2 Å². The molecule has 1 heterocycles. The number of nitrogens with one attached hydrogen (secondary N) is 1. The maximum atomic E-state index is 13.1. The SMILES string of the molecule is O=C(Nc1ccc(Cl)cc1C(=O)O)OCc1cc2cc(-c3ccc(F)cc3)ccc2o1. The van der Waals surface area contributed by atoms with E-state index in [1.807, 2.05) is 12.1 Å². The number of fused-ring (bicyclic) bond motifs is 1. The van der Waals surface area contributed by atoms with Gasteiger partial charge in [0.15, 0.2) is 6.61 Å². The van der Waals surface area contributed by atoms with Gasteiger partial charge in [0.2, 0.25) is 0 Å². The lowest BCUT2D eigenvalue weighted by Gasteiger charge is -2.09. The van der Waals surface area contributed by atoms with Crippen LogP contribution in [0, 0.1) is 5.82 Å². The third-order valence-electron chi connectivity index (χ3n) is 4.54. The van der Waals surface area contributed by atoms with Gasteiger partial charge in [0.1, 0.15) is 17.2 Å². The molecule has 4 rings (SSSR count). The molecule has 4 aromatic rings. The number of hydrogen-bond acceptors (Lipinski definition) is 4. The van der Waals surface area contributed by atoms with Gasteiger partial charge in [-0.3, -0.25) is 5.32 Å². The molecular formula is C23H15ClFNO5. The number of carboxylic acid groups (broad SMARTS) is 1. The van der Waals surface area contributed by atoms with Gasteiger partial charge in [-0.15, -0.1) is 0 Å². The second kappa shape index (κ2) is 8.49. The summed E-state index contributed by atoms with van der Waals surface area (Å²) in [4.78, 5) is 23.4. The Morgan fingerprint density at radius 2 is 1.74 bits per heavy atom. The molecule has 0 spiro atoms. The highest BCUT2D eigenvalue weighted by atomic mass is 35.5. The Morgan fingerprint density at radius 1 is 1.00 bits per heavy atom. The number of aromatic carboxylic acids is 1. The minimum Gasteiger partial charge on any atom is -0.478 e. The molecule has 3 aromatic carbocycles. The minimum atomic E-state index is -1.23. The Morgan fingerprint density at radius 3 is 2.48 bits per heavy atom. The van der Waals surface area contributed by atoms with Crippen LogP contribution in [0.25, 0.3) is 22.1 Å². The van der Waals surface area contributed by atoms with Gasteiger partial charge in [0.25, 0.3) is 0 Å². The predicted molar refractivity (Wildman–Crippen MR) is 114 cm³/mol. The molecule has 1 amide bonds. The van der Waals surface area contributed by atoms with E-state index < -0.39 is 12.1 Å². The van der Waals surface area contributed by atoms with E-state index in [0.717, 1.165) is 16.5 Å². The zero-order chi connectivity index (χ0) is 22.0. The summed E-state index contributed by atoms with van der Waals surface area (Å²) in [5, 5.41) is 12.6. The number of anilines is 1. The smallest absolute Gasteiger partial charge is 0.412 e. The van der Waals surface area contributed by atoms with Crippen molar-refractivity contribution >= 4 is 40.3 Å². The Hall–Kier alpha value is -3.84. The summed E-state index contributed by atoms with van der Waals surface area (Å²) in [6, 6.07) is 17.5. The third-order valence-corrected chi connectivity index (χ3v) is 4.77. The van der Waals surface area contributed by atoms with Crippen molar-refractivity contribution in [2.75, 3.05) is 5.32 Å². The number of rotatable bonds is 5. The monoisotopic (exact) mass is 439 g/mol. The van der Waals surface area contributed by atoms with Gasteiger partial charge in [-0.2, -0.15) is 0 Å². The molecule has 0 saturated heterocycles. The fraction of sp³-hybridized carbons (Fsp3) is 0.0435. The number of hydrogen-bond donors (Lipinski definition) is 2. The standard InChI is InChI=1S/C23H15ClFNO5/c24-16-4-7-20(19(11-16)22(27)28)26-23(29)30-12-18-10-15-9-14(3-8-21(15)31-18)13-1-5-17(25)6-2-13/h1-11H,12H2,(H,26,29)(H,27,28). The normalized spacial score (nSPS) is 10.8. The van der Waals surface area contributed by atoms with Crippen LogP contribution < -0.4 is 5.32 Å². The van der Waals surface area contributed by atoms with E-state index in [1.54, 1.807) is 24.3 Å². The molecular weight excluding hydrogens is 425 g/mol. The highest BCUT2D eigenvalue weighted by Crippen LogP contribution is 2.27. The number of furan rings is 1. The number of amides is 1. The molecule has 1 aromatic heterocycles. The predicted octanol–water partition coefficient (Wildman–Crippen LogP) is 6.34. The molecule has 31 heavy (non-hydrogen) atoms. The summed E-state index contributed by atoms with van der Waals surface area (Å²) in [5.41, 5.74) is 2.27. The van der Waals surface area contributed by atoms with E-state index in [-0.39, 0.29) is 28.7 Å². The molecule has 0 bridgehead atoms. The first-order valence-corrected chi connectivity index (χ1v) is 9.52. The summed E-state index contributed by atoms with van der Waals surface area (Å²) >= 11 is 5.80. The Labute approximate surface area is 180 Å². The zero-order valence-corrected chi connectivity index (χ0v) is 16.7. The summed E-state index contributed by atoms with van der Waals surface area (Å²) in [5.74, 6) is -1.12. The highest BCUT2D eigenvalue weighted by Gasteiger charge is 2.15. The molecule has 0 unspecified atom stereocenters. The highest BCUT2D eigenvalue weighted by molar-refractivity contribution is 6.31. The molecule has 2 N–H and O–H groups in total. The van der Waals surface area contributed by atoms with Gasteiger partial charge in [-0.05, 0) is 59.7 Å². The van der Waals surface area contributed by atoms with Crippen molar-refractivity contribution in [3.05, 3.63) is 88.9 Å². The molecule has 0 aliphatic rings. The van der Waals surface area contributed by atoms with E-state index in [4.69, 9.17) is 20.8 Å². The van der Waals surface area contributed by atoms with Crippen LogP contribution in [-0.2, 0) is 11.3 Å². The van der Waals surface area contributed by atoms with Crippen LogP contribution >= 0.6 is 11.6 Å². The summed E-state index contributed by atoms with van der Waals surface area (Å²) in [6.07, 6.45) is -0.836. The molecule has 0 atom stereocenters. The molecule has 0 fully saturated rings. The number of carbonyl (C=O) groups is 2. The van der Waals surface area contributed by atoms with Crippen LogP contribution in [0.5, 0.6) is 0 Å². The number of halogens is 2. The molecule has 156 valence electrons. The average molecular weight is 440 g/mol. The second-order valence-corrected chi connectivity index (χ2v) is 7.10. The van der Waals surface area contributed by atoms with Crippen molar-refractivity contribution in [2.24, 2.45) is 0 Å². The first kappa shape index (κ1) is 20.4. The molecule has 8 heteroatoms. The first-order valence-electron chi connectivity index (χ1n) is 9.14. The molecule has 6 nitrogen and oxygen atoms in total. The van der Waals surface area contributed by atoms with Crippen LogP contribution in [0.2, 0.25) is 5.02 Å². The quantitative estimate of drug-likeness (QED) is 0.379. The minimum absolute atomic E-state index is 0.0652. The lowest BCUT2D eigenvalue weighted by atomic mass is 10.0. The van der Waals surface area contributed by atoms with Crippen molar-refractivity contribution in [1.29, 1.82) is 0 Å². The van der Waals surface area contributed by atoms with Crippen molar-refractivity contribution in [1.82, 2.24) is 0 Å². The van der Waals surface area contributed by atoms with E-state index in [2.05, 4.69) is 5.32 Å². The van der Waals surface area contributed by atoms with E-state index >= 15 is 0 Å². The number of ether oxygens (including phenoxy) is 1. The van der Waals surface area contributed by atoms with Crippen LogP contribution in [0.1, 0.15) is 16.1 Å². The fourth-order valence-electron chi connectivity index (χ4n) is 3.08. The van der Waals surface area contributed by atoms with Gasteiger partial charge in [-0.1, -0.05) is 29.8 Å². The van der Waals surface area contributed by atoms with Crippen LogP contribution in [0.4, 0.5) is 14.9 Å². The van der Waals surface area contributed by atoms with E-state index in [0.29, 0.717) is 11.3 Å². The van der Waals surface area contributed by atoms with Gasteiger partial charge in [0, 0.05) is 10.4 Å². The summed E-state index contributed by atoms with van der Waals surface area (Å²) < 4.78 is 24.0. The fourth-order valence-corrected chi connectivity index (χ4v) is 3.25. The summed E-state index contributed by atoms with van der Waals surface area (Å²) in [7, 11) is 0. The molecule has 0 aliphatic heterocycles. The van der Waals surface area contributed by atoms with Gasteiger partial charge >= 0.3 is 12.1 Å². The number of carboxylic acids is 1. The summed E-state index contributed by atoms with van der Waals surface area (Å²) in [6.45, 7) is -0.150. The van der Waals surface area contributed by atoms with Crippen LogP contribution in [-0.4, -0.2) is 17.2 Å². The van der Waals surface area contributed by atoms with E-state index in [1.165, 1.54) is 30.3 Å². The van der Waals surface area contributed by atoms with Gasteiger partial charge in [0.05, 0.1) is 11.3 Å². The molecule has 0 radical (unpaired) electrons. The lowest BCUT2D eigenvalue weighted by Crippen LogP contribution is -2.15. The van der Waals surface area contributed by atoms with Crippen LogP contribution in [0.3, 0.4) is 0 Å². The maximum Gasteiger partial charge on any atom is 0.412 e. The third kappa shape index (κ3) is 4.67. The zero-order valence-electron chi connectivity index (χ0n) is 15.9. The Kier molecular flexibility index (Phi) is 5.60. The molecule has 0 aliphatic carbocycles. The topological polar surface area (TPSA) is 88.8 Å². The van der Waals surface area contributed by atoms with Crippen LogP contribution in [0.15, 0.2) is 71.1 Å². The Balaban J connectivity index is 1.45.